The van der Waals surface area contributed by atoms with Crippen LogP contribution in [0.1, 0.15) is 22.3 Å². The largest absolute Gasteiger partial charge is 0.349 e. The first kappa shape index (κ1) is 17.5. The van der Waals surface area contributed by atoms with Gasteiger partial charge in [-0.15, -0.1) is 0 Å². The Morgan fingerprint density at radius 2 is 1.78 bits per heavy atom. The molecule has 2 amide bonds. The first-order valence-electron chi connectivity index (χ1n) is 7.32. The van der Waals surface area contributed by atoms with E-state index in [9.17, 15) is 9.59 Å². The lowest BCUT2D eigenvalue weighted by molar-refractivity contribution is -0.128. The van der Waals surface area contributed by atoms with Gasteiger partial charge in [-0.1, -0.05) is 18.2 Å². The van der Waals surface area contributed by atoms with Crippen LogP contribution in [0.3, 0.4) is 0 Å². The number of benzene rings is 2. The molecule has 0 aliphatic heterocycles. The van der Waals surface area contributed by atoms with Gasteiger partial charge in [0.15, 0.2) is 0 Å². The monoisotopic (exact) mass is 422 g/mol. The van der Waals surface area contributed by atoms with E-state index in [4.69, 9.17) is 0 Å². The lowest BCUT2D eigenvalue weighted by atomic mass is 10.1. The highest BCUT2D eigenvalue weighted by atomic mass is 127. The summed E-state index contributed by atoms with van der Waals surface area (Å²) in [6.45, 7) is 0. The Kier molecular flexibility index (Phi) is 6.15. The molecule has 0 bridgehead atoms. The van der Waals surface area contributed by atoms with Crippen LogP contribution in [0.25, 0.3) is 0 Å². The number of rotatable bonds is 5. The Morgan fingerprint density at radius 3 is 2.39 bits per heavy atom. The minimum absolute atomic E-state index is 0.112. The SMILES string of the molecule is CN(C)C(=O)CCc1ccc(NC(=O)c2cccc(I)c2)cc1. The van der Waals surface area contributed by atoms with Gasteiger partial charge in [-0.25, -0.2) is 0 Å². The maximum absolute atomic E-state index is 12.2. The van der Waals surface area contributed by atoms with Gasteiger partial charge in [-0.05, 0) is 64.9 Å². The van der Waals surface area contributed by atoms with Crippen molar-refractivity contribution in [1.29, 1.82) is 0 Å². The van der Waals surface area contributed by atoms with Crippen LogP contribution in [0, 0.1) is 3.57 Å². The molecular formula is C18H19IN2O2. The molecule has 0 radical (unpaired) electrons. The van der Waals surface area contributed by atoms with Crippen molar-refractivity contribution in [2.75, 3.05) is 19.4 Å². The first-order valence-corrected chi connectivity index (χ1v) is 8.39. The smallest absolute Gasteiger partial charge is 0.255 e. The van der Waals surface area contributed by atoms with Crippen LogP contribution in [0.2, 0.25) is 0 Å². The highest BCUT2D eigenvalue weighted by Gasteiger charge is 2.07. The van der Waals surface area contributed by atoms with E-state index in [-0.39, 0.29) is 11.8 Å². The molecule has 1 N–H and O–H groups in total. The second kappa shape index (κ2) is 8.10. The van der Waals surface area contributed by atoms with Crippen molar-refractivity contribution in [3.05, 3.63) is 63.2 Å². The fourth-order valence-corrected chi connectivity index (χ4v) is 2.61. The van der Waals surface area contributed by atoms with Crippen molar-refractivity contribution in [2.24, 2.45) is 0 Å². The normalized spacial score (nSPS) is 10.2. The molecular weight excluding hydrogens is 403 g/mol. The predicted molar refractivity (Wildman–Crippen MR) is 101 cm³/mol. The van der Waals surface area contributed by atoms with Crippen LogP contribution in [0.5, 0.6) is 0 Å². The number of nitrogens with zero attached hydrogens (tertiary/aromatic N) is 1. The third kappa shape index (κ3) is 5.35. The van der Waals surface area contributed by atoms with E-state index in [1.54, 1.807) is 25.1 Å². The molecule has 2 aromatic rings. The zero-order valence-corrected chi connectivity index (χ0v) is 15.3. The third-order valence-corrected chi connectivity index (χ3v) is 4.10. The molecule has 5 heteroatoms. The number of nitrogens with one attached hydrogen (secondary N) is 1. The number of carbonyl (C=O) groups excluding carboxylic acids is 2. The molecule has 0 fully saturated rings. The van der Waals surface area contributed by atoms with Crippen LogP contribution < -0.4 is 5.32 Å². The summed E-state index contributed by atoms with van der Waals surface area (Å²) in [5, 5.41) is 2.88. The first-order chi connectivity index (χ1) is 11.0. The number of halogens is 1. The molecule has 0 aliphatic rings. The van der Waals surface area contributed by atoms with Crippen molar-refractivity contribution in [2.45, 2.75) is 12.8 Å². The summed E-state index contributed by atoms with van der Waals surface area (Å²) in [6, 6.07) is 15.0. The van der Waals surface area contributed by atoms with Crippen LogP contribution in [-0.2, 0) is 11.2 Å². The summed E-state index contributed by atoms with van der Waals surface area (Å²) in [5.41, 5.74) is 2.46. The standard InChI is InChI=1S/C18H19IN2O2/c1-21(2)17(22)11-8-13-6-9-16(10-7-13)20-18(23)14-4-3-5-15(19)12-14/h3-7,9-10,12H,8,11H2,1-2H3,(H,20,23). The highest BCUT2D eigenvalue weighted by molar-refractivity contribution is 14.1. The van der Waals surface area contributed by atoms with E-state index < -0.39 is 0 Å². The maximum Gasteiger partial charge on any atom is 0.255 e. The summed E-state index contributed by atoms with van der Waals surface area (Å²) in [4.78, 5) is 25.4. The molecule has 23 heavy (non-hydrogen) atoms. The van der Waals surface area contributed by atoms with E-state index >= 15 is 0 Å². The predicted octanol–water partition coefficient (Wildman–Crippen LogP) is 3.56. The fraction of sp³-hybridized carbons (Fsp3) is 0.222. The van der Waals surface area contributed by atoms with Crippen molar-refractivity contribution in [3.63, 3.8) is 0 Å². The Bertz CT molecular complexity index is 696. The zero-order chi connectivity index (χ0) is 16.8. The lowest BCUT2D eigenvalue weighted by Crippen LogP contribution is -2.21. The van der Waals surface area contributed by atoms with Crippen LogP contribution in [0.15, 0.2) is 48.5 Å². The molecule has 4 nitrogen and oxygen atoms in total. The molecule has 0 unspecified atom stereocenters. The summed E-state index contributed by atoms with van der Waals surface area (Å²) >= 11 is 2.18. The molecule has 120 valence electrons. The summed E-state index contributed by atoms with van der Waals surface area (Å²) in [6.07, 6.45) is 1.18. The Morgan fingerprint density at radius 1 is 1.09 bits per heavy atom. The van der Waals surface area contributed by atoms with E-state index in [1.165, 1.54) is 0 Å². The van der Waals surface area contributed by atoms with E-state index in [0.29, 0.717) is 18.4 Å². The summed E-state index contributed by atoms with van der Waals surface area (Å²) in [7, 11) is 3.51. The van der Waals surface area contributed by atoms with Crippen molar-refractivity contribution in [3.8, 4) is 0 Å². The van der Waals surface area contributed by atoms with Crippen molar-refractivity contribution >= 4 is 40.1 Å². The third-order valence-electron chi connectivity index (χ3n) is 3.42. The summed E-state index contributed by atoms with van der Waals surface area (Å²) in [5.74, 6) is -0.0138. The Hall–Kier alpha value is -1.89. The Balaban J connectivity index is 1.94. The minimum Gasteiger partial charge on any atom is -0.349 e. The molecule has 2 aromatic carbocycles. The van der Waals surface area contributed by atoms with Gasteiger partial charge in [-0.2, -0.15) is 0 Å². The van der Waals surface area contributed by atoms with Gasteiger partial charge in [-0.3, -0.25) is 9.59 Å². The molecule has 0 heterocycles. The number of amides is 2. The fourth-order valence-electron chi connectivity index (χ4n) is 2.06. The lowest BCUT2D eigenvalue weighted by Gasteiger charge is -2.10. The maximum atomic E-state index is 12.2. The number of hydrogen-bond donors (Lipinski definition) is 1. The molecule has 2 rings (SSSR count). The number of hydrogen-bond acceptors (Lipinski definition) is 2. The molecule has 0 aliphatic carbocycles. The van der Waals surface area contributed by atoms with Gasteiger partial charge in [0.25, 0.3) is 5.91 Å². The second-order valence-electron chi connectivity index (χ2n) is 5.45. The van der Waals surface area contributed by atoms with E-state index in [1.807, 2.05) is 42.5 Å². The van der Waals surface area contributed by atoms with Gasteiger partial charge in [0.05, 0.1) is 0 Å². The number of anilines is 1. The van der Waals surface area contributed by atoms with E-state index in [2.05, 4.69) is 27.9 Å². The van der Waals surface area contributed by atoms with Crippen molar-refractivity contribution < 1.29 is 9.59 Å². The quantitative estimate of drug-likeness (QED) is 0.750. The van der Waals surface area contributed by atoms with Crippen molar-refractivity contribution in [1.82, 2.24) is 4.90 Å². The van der Waals surface area contributed by atoms with Gasteiger partial charge in [0.1, 0.15) is 0 Å². The van der Waals surface area contributed by atoms with Gasteiger partial charge < -0.3 is 10.2 Å². The molecule has 0 atom stereocenters. The topological polar surface area (TPSA) is 49.4 Å². The average molecular weight is 422 g/mol. The van der Waals surface area contributed by atoms with Gasteiger partial charge >= 0.3 is 0 Å². The van der Waals surface area contributed by atoms with Gasteiger partial charge in [0.2, 0.25) is 5.91 Å². The van der Waals surface area contributed by atoms with Crippen LogP contribution in [-0.4, -0.2) is 30.8 Å². The zero-order valence-electron chi connectivity index (χ0n) is 13.2. The molecule has 0 saturated heterocycles. The second-order valence-corrected chi connectivity index (χ2v) is 6.70. The van der Waals surface area contributed by atoms with Crippen LogP contribution >= 0.6 is 22.6 Å². The molecule has 0 spiro atoms. The van der Waals surface area contributed by atoms with Gasteiger partial charge in [0, 0.05) is 35.3 Å². The summed E-state index contributed by atoms with van der Waals surface area (Å²) < 4.78 is 1.02. The number of aryl methyl sites for hydroxylation is 1. The highest BCUT2D eigenvalue weighted by Crippen LogP contribution is 2.14. The Labute approximate surface area is 150 Å². The molecule has 0 aromatic heterocycles. The molecule has 0 saturated carbocycles. The average Bonchev–Trinajstić information content (AvgIpc) is 2.53. The van der Waals surface area contributed by atoms with Crippen LogP contribution in [0.4, 0.5) is 5.69 Å². The van der Waals surface area contributed by atoms with E-state index in [0.717, 1.165) is 14.8 Å². The minimum atomic E-state index is -0.126. The number of carbonyl (C=O) groups is 2.